The molecule has 0 spiro atoms. The summed E-state index contributed by atoms with van der Waals surface area (Å²) in [6.07, 6.45) is 8.26. The maximum Gasteiger partial charge on any atom is 0.313 e. The van der Waals surface area contributed by atoms with Crippen LogP contribution in [0.2, 0.25) is 0 Å². The lowest BCUT2D eigenvalue weighted by molar-refractivity contribution is -0.169. The average Bonchev–Trinajstić information content (AvgIpc) is 3.59. The first kappa shape index (κ1) is 39.2. The Morgan fingerprint density at radius 2 is 1.90 bits per heavy atom. The van der Waals surface area contributed by atoms with E-state index in [1.165, 1.54) is 4.80 Å². The lowest BCUT2D eigenvalue weighted by Gasteiger charge is -2.31. The molecular weight excluding hydrogens is 658 g/mol. The van der Waals surface area contributed by atoms with E-state index >= 15 is 0 Å². The number of pyridine rings is 2. The molecule has 1 aliphatic heterocycles. The van der Waals surface area contributed by atoms with E-state index in [0.717, 1.165) is 73.3 Å². The van der Waals surface area contributed by atoms with Crippen LogP contribution in [0.3, 0.4) is 0 Å². The van der Waals surface area contributed by atoms with E-state index in [9.17, 15) is 10.1 Å². The summed E-state index contributed by atoms with van der Waals surface area (Å²) in [6.45, 7) is 16.2. The van der Waals surface area contributed by atoms with Gasteiger partial charge in [0.05, 0.1) is 29.2 Å². The predicted molar refractivity (Wildman–Crippen MR) is 198 cm³/mol. The molecule has 4 heterocycles. The van der Waals surface area contributed by atoms with Crippen molar-refractivity contribution < 1.29 is 19.0 Å². The topological polar surface area (TPSA) is 162 Å². The van der Waals surface area contributed by atoms with Gasteiger partial charge in [-0.1, -0.05) is 19.9 Å². The highest BCUT2D eigenvalue weighted by Crippen LogP contribution is 2.32. The number of anilines is 1. The van der Waals surface area contributed by atoms with Crippen molar-refractivity contribution in [3.63, 3.8) is 0 Å². The van der Waals surface area contributed by atoms with Crippen LogP contribution in [0, 0.1) is 40.9 Å². The number of aryl methyl sites for hydroxylation is 1. The van der Waals surface area contributed by atoms with E-state index in [0.29, 0.717) is 44.1 Å². The fourth-order valence-corrected chi connectivity index (χ4v) is 6.75. The van der Waals surface area contributed by atoms with Gasteiger partial charge in [0, 0.05) is 55.2 Å². The second-order valence-corrected chi connectivity index (χ2v) is 16.1. The fourth-order valence-electron chi connectivity index (χ4n) is 6.75. The van der Waals surface area contributed by atoms with Crippen molar-refractivity contribution >= 4 is 11.8 Å². The number of rotatable bonds is 15. The molecule has 13 nitrogen and oxygen atoms in total. The Morgan fingerprint density at radius 3 is 2.60 bits per heavy atom. The molecule has 52 heavy (non-hydrogen) atoms. The molecule has 1 aliphatic carbocycles. The highest BCUT2D eigenvalue weighted by atomic mass is 16.6. The molecule has 2 atom stereocenters. The fraction of sp³-hybridized carbons (Fsp3) is 0.667. The first-order valence-corrected chi connectivity index (χ1v) is 18.8. The minimum absolute atomic E-state index is 0.0185. The van der Waals surface area contributed by atoms with Crippen LogP contribution in [0.4, 0.5) is 5.82 Å². The number of esters is 1. The van der Waals surface area contributed by atoms with Crippen molar-refractivity contribution in [2.45, 2.75) is 118 Å². The molecule has 1 saturated heterocycles. The molecular formula is C39H57N9O4. The number of hydrogen-bond acceptors (Lipinski definition) is 12. The number of ether oxygens (including phenoxy) is 3. The third-order valence-electron chi connectivity index (χ3n) is 10.1. The predicted octanol–water partition coefficient (Wildman–Crippen LogP) is 6.21. The maximum atomic E-state index is 12.5. The number of carbonyl (C=O) groups excluding carboxylic acids is 1. The van der Waals surface area contributed by atoms with Crippen molar-refractivity contribution in [1.29, 1.82) is 5.26 Å². The molecule has 0 radical (unpaired) electrons. The molecule has 282 valence electrons. The largest absolute Gasteiger partial charge is 0.437 e. The Morgan fingerprint density at radius 1 is 1.15 bits per heavy atom. The second-order valence-electron chi connectivity index (χ2n) is 16.1. The van der Waals surface area contributed by atoms with Gasteiger partial charge in [0.1, 0.15) is 12.4 Å². The van der Waals surface area contributed by atoms with Crippen LogP contribution in [0.15, 0.2) is 30.5 Å². The molecule has 2 fully saturated rings. The minimum atomic E-state index is -0.628. The van der Waals surface area contributed by atoms with E-state index in [1.807, 2.05) is 59.0 Å². The monoisotopic (exact) mass is 715 g/mol. The van der Waals surface area contributed by atoms with Gasteiger partial charge in [-0.2, -0.15) is 5.26 Å². The molecule has 0 unspecified atom stereocenters. The van der Waals surface area contributed by atoms with Gasteiger partial charge in [0.25, 0.3) is 0 Å². The summed E-state index contributed by atoms with van der Waals surface area (Å²) < 4.78 is 17.1. The van der Waals surface area contributed by atoms with E-state index in [2.05, 4.69) is 52.0 Å². The zero-order valence-electron chi connectivity index (χ0n) is 32.0. The summed E-state index contributed by atoms with van der Waals surface area (Å²) in [5.74, 6) is 1.49. The number of nitrogens with one attached hydrogen (secondary N) is 2. The SMILES string of the molecule is Cc1cnc(CC2CCC(N[C@@H](C)COCc3nnn([C@@H](OC(=O)C(C)(C)C)C(C)C)n3)CC2)cc1-c1cccc(NCC2(C#N)CCOCC2)n1. The quantitative estimate of drug-likeness (QED) is 0.171. The third kappa shape index (κ3) is 10.8. The van der Waals surface area contributed by atoms with Crippen LogP contribution in [0.25, 0.3) is 11.3 Å². The summed E-state index contributed by atoms with van der Waals surface area (Å²) >= 11 is 0. The van der Waals surface area contributed by atoms with Crippen LogP contribution < -0.4 is 10.6 Å². The smallest absolute Gasteiger partial charge is 0.313 e. The first-order valence-electron chi connectivity index (χ1n) is 18.8. The van der Waals surface area contributed by atoms with Gasteiger partial charge >= 0.3 is 5.97 Å². The maximum absolute atomic E-state index is 12.5. The molecule has 3 aromatic rings. The summed E-state index contributed by atoms with van der Waals surface area (Å²) in [4.78, 5) is 23.6. The normalized spacial score (nSPS) is 20.2. The Bertz CT molecular complexity index is 1650. The number of nitrogens with zero attached hydrogens (tertiary/aromatic N) is 7. The van der Waals surface area contributed by atoms with Crippen LogP contribution in [-0.2, 0) is 32.0 Å². The molecule has 0 aromatic carbocycles. The lowest BCUT2D eigenvalue weighted by atomic mass is 9.82. The molecule has 2 N–H and O–H groups in total. The van der Waals surface area contributed by atoms with E-state index in [1.54, 1.807) is 0 Å². The number of carbonyl (C=O) groups is 1. The summed E-state index contributed by atoms with van der Waals surface area (Å²) in [7, 11) is 0. The van der Waals surface area contributed by atoms with Crippen LogP contribution in [-0.4, -0.2) is 74.6 Å². The van der Waals surface area contributed by atoms with Gasteiger partial charge in [0.2, 0.25) is 12.1 Å². The van der Waals surface area contributed by atoms with Crippen molar-refractivity contribution in [2.75, 3.05) is 31.7 Å². The van der Waals surface area contributed by atoms with E-state index in [4.69, 9.17) is 24.2 Å². The Hall–Kier alpha value is -3.99. The summed E-state index contributed by atoms with van der Waals surface area (Å²) in [6, 6.07) is 11.4. The summed E-state index contributed by atoms with van der Waals surface area (Å²) in [5, 5.41) is 29.7. The second kappa shape index (κ2) is 17.7. The number of aromatic nitrogens is 6. The molecule has 0 bridgehead atoms. The lowest BCUT2D eigenvalue weighted by Crippen LogP contribution is -2.41. The molecule has 5 rings (SSSR count). The minimum Gasteiger partial charge on any atom is -0.437 e. The van der Waals surface area contributed by atoms with Crippen molar-refractivity contribution in [3.05, 3.63) is 47.5 Å². The van der Waals surface area contributed by atoms with Gasteiger partial charge in [-0.25, -0.2) is 4.98 Å². The molecule has 2 aliphatic rings. The first-order chi connectivity index (χ1) is 24.8. The molecule has 1 saturated carbocycles. The Kier molecular flexibility index (Phi) is 13.3. The van der Waals surface area contributed by atoms with Gasteiger partial charge in [-0.05, 0) is 114 Å². The number of tetrazole rings is 1. The average molecular weight is 716 g/mol. The summed E-state index contributed by atoms with van der Waals surface area (Å²) in [5.41, 5.74) is 3.17. The molecule has 13 heteroatoms. The van der Waals surface area contributed by atoms with Crippen LogP contribution in [0.1, 0.15) is 103 Å². The van der Waals surface area contributed by atoms with Crippen molar-refractivity contribution in [2.24, 2.45) is 22.7 Å². The van der Waals surface area contributed by atoms with Gasteiger partial charge in [-0.3, -0.25) is 9.78 Å². The Balaban J connectivity index is 1.05. The zero-order valence-corrected chi connectivity index (χ0v) is 32.0. The third-order valence-corrected chi connectivity index (χ3v) is 10.1. The van der Waals surface area contributed by atoms with Crippen LogP contribution >= 0.6 is 0 Å². The zero-order chi connectivity index (χ0) is 37.3. The number of hydrogen-bond donors (Lipinski definition) is 2. The Labute approximate surface area is 308 Å². The van der Waals surface area contributed by atoms with Gasteiger partial charge in [0.15, 0.2) is 0 Å². The highest BCUT2D eigenvalue weighted by molar-refractivity contribution is 5.75. The van der Waals surface area contributed by atoms with Crippen molar-refractivity contribution in [1.82, 2.24) is 35.5 Å². The van der Waals surface area contributed by atoms with Crippen LogP contribution in [0.5, 0.6) is 0 Å². The van der Waals surface area contributed by atoms with Gasteiger partial charge < -0.3 is 24.8 Å². The standard InChI is InChI=1S/C39H57N9O4/c1-26(2)36(52-37(49)38(5,6)7)48-46-35(45-47-48)23-51-22-28(4)43-30-13-11-29(12-14-30)19-31-20-32(27(3)21-41-31)33-9-8-10-34(44-33)42-25-39(24-40)15-17-50-18-16-39/h8-10,20-21,26,28-30,36,43H,11-19,22-23,25H2,1-7H3,(H,42,44)/t28-,29?,30?,36-/m0/s1. The molecule has 3 aromatic heterocycles. The highest BCUT2D eigenvalue weighted by Gasteiger charge is 2.33. The van der Waals surface area contributed by atoms with Crippen molar-refractivity contribution in [3.8, 4) is 17.3 Å². The van der Waals surface area contributed by atoms with E-state index < -0.39 is 17.1 Å². The molecule has 0 amide bonds. The van der Waals surface area contributed by atoms with Gasteiger partial charge in [-0.15, -0.1) is 15.0 Å². The number of nitriles is 1. The van der Waals surface area contributed by atoms with E-state index in [-0.39, 0.29) is 24.5 Å².